The van der Waals surface area contributed by atoms with Crippen LogP contribution in [0.25, 0.3) is 5.69 Å². The molecule has 0 radical (unpaired) electrons. The van der Waals surface area contributed by atoms with Gasteiger partial charge >= 0.3 is 0 Å². The van der Waals surface area contributed by atoms with Crippen molar-refractivity contribution >= 4 is 21.4 Å². The molecule has 1 amide bonds. The van der Waals surface area contributed by atoms with Crippen molar-refractivity contribution in [2.45, 2.75) is 25.7 Å². The SMILES string of the molecule is CCS(=O)(=O)c1ccc(NC(=O)c2cc(C)n(-c3ccc(F)cc3)c2C)cc1. The lowest BCUT2D eigenvalue weighted by atomic mass is 10.2. The number of benzene rings is 2. The summed E-state index contributed by atoms with van der Waals surface area (Å²) in [5, 5.41) is 2.79. The summed E-state index contributed by atoms with van der Waals surface area (Å²) >= 11 is 0. The van der Waals surface area contributed by atoms with E-state index < -0.39 is 9.84 Å². The van der Waals surface area contributed by atoms with Gasteiger partial charge in [-0.1, -0.05) is 6.92 Å². The van der Waals surface area contributed by atoms with Crippen molar-refractivity contribution in [2.75, 3.05) is 11.1 Å². The van der Waals surface area contributed by atoms with Gasteiger partial charge in [-0.05, 0) is 68.4 Å². The molecule has 1 N–H and O–H groups in total. The number of nitrogens with zero attached hydrogens (tertiary/aromatic N) is 1. The van der Waals surface area contributed by atoms with E-state index in [1.807, 2.05) is 18.4 Å². The Bertz CT molecular complexity index is 1120. The minimum absolute atomic E-state index is 0.0219. The van der Waals surface area contributed by atoms with Crippen LogP contribution >= 0.6 is 0 Å². The van der Waals surface area contributed by atoms with E-state index in [-0.39, 0.29) is 22.4 Å². The molecular formula is C21H21FN2O3S. The number of nitrogens with one attached hydrogen (secondary N) is 1. The number of aromatic nitrogens is 1. The number of carbonyl (C=O) groups excluding carboxylic acids is 1. The van der Waals surface area contributed by atoms with Crippen LogP contribution in [0.4, 0.5) is 10.1 Å². The molecule has 0 aliphatic carbocycles. The molecule has 5 nitrogen and oxygen atoms in total. The number of anilines is 1. The van der Waals surface area contributed by atoms with Crippen LogP contribution in [0.15, 0.2) is 59.5 Å². The highest BCUT2D eigenvalue weighted by molar-refractivity contribution is 7.91. The van der Waals surface area contributed by atoms with Crippen LogP contribution in [0.1, 0.15) is 28.7 Å². The zero-order chi connectivity index (χ0) is 20.5. The second-order valence-electron chi connectivity index (χ2n) is 6.48. The molecule has 0 saturated heterocycles. The van der Waals surface area contributed by atoms with E-state index in [2.05, 4.69) is 5.32 Å². The Hall–Kier alpha value is -2.93. The van der Waals surface area contributed by atoms with Crippen LogP contribution in [0.2, 0.25) is 0 Å². The first kappa shape index (κ1) is 19.8. The molecule has 0 fully saturated rings. The van der Waals surface area contributed by atoms with Gasteiger partial charge in [-0.25, -0.2) is 12.8 Å². The van der Waals surface area contributed by atoms with E-state index in [1.54, 1.807) is 37.3 Å². The maximum Gasteiger partial charge on any atom is 0.257 e. The van der Waals surface area contributed by atoms with Gasteiger partial charge in [-0.2, -0.15) is 0 Å². The van der Waals surface area contributed by atoms with Gasteiger partial charge in [-0.3, -0.25) is 4.79 Å². The van der Waals surface area contributed by atoms with E-state index in [1.165, 1.54) is 24.3 Å². The highest BCUT2D eigenvalue weighted by Crippen LogP contribution is 2.23. The summed E-state index contributed by atoms with van der Waals surface area (Å²) in [5.41, 5.74) is 3.34. The molecule has 2 aromatic carbocycles. The summed E-state index contributed by atoms with van der Waals surface area (Å²) in [6.07, 6.45) is 0. The second kappa shape index (κ2) is 7.59. The maximum atomic E-state index is 13.2. The van der Waals surface area contributed by atoms with Crippen molar-refractivity contribution in [2.24, 2.45) is 0 Å². The lowest BCUT2D eigenvalue weighted by Crippen LogP contribution is -2.13. The van der Waals surface area contributed by atoms with Crippen molar-refractivity contribution < 1.29 is 17.6 Å². The molecule has 0 aliphatic heterocycles. The van der Waals surface area contributed by atoms with Crippen molar-refractivity contribution in [3.63, 3.8) is 0 Å². The van der Waals surface area contributed by atoms with Crippen molar-refractivity contribution in [3.8, 4) is 5.69 Å². The van der Waals surface area contributed by atoms with Crippen LogP contribution in [-0.4, -0.2) is 24.6 Å². The number of rotatable bonds is 5. The van der Waals surface area contributed by atoms with Crippen molar-refractivity contribution in [3.05, 3.63) is 77.4 Å². The molecule has 0 aliphatic rings. The predicted octanol–water partition coefficient (Wildman–Crippen LogP) is 4.28. The van der Waals surface area contributed by atoms with Crippen molar-refractivity contribution in [1.82, 2.24) is 4.57 Å². The van der Waals surface area contributed by atoms with Gasteiger partial charge in [-0.15, -0.1) is 0 Å². The molecule has 0 saturated carbocycles. The standard InChI is InChI=1S/C21H21FN2O3S/c1-4-28(26,27)19-11-7-17(8-12-19)23-21(25)20-13-14(2)24(15(20)3)18-9-5-16(22)6-10-18/h5-13H,4H2,1-3H3,(H,23,25). The molecule has 3 aromatic rings. The predicted molar refractivity (Wildman–Crippen MR) is 107 cm³/mol. The fourth-order valence-corrected chi connectivity index (χ4v) is 3.97. The summed E-state index contributed by atoms with van der Waals surface area (Å²) in [6, 6.07) is 13.9. The second-order valence-corrected chi connectivity index (χ2v) is 8.76. The Balaban J connectivity index is 1.86. The fraction of sp³-hybridized carbons (Fsp3) is 0.190. The Morgan fingerprint density at radius 2 is 1.64 bits per heavy atom. The number of carbonyl (C=O) groups is 1. The van der Waals surface area contributed by atoms with E-state index in [4.69, 9.17) is 0 Å². The molecule has 1 heterocycles. The summed E-state index contributed by atoms with van der Waals surface area (Å²) in [7, 11) is -3.28. The lowest BCUT2D eigenvalue weighted by Gasteiger charge is -2.10. The summed E-state index contributed by atoms with van der Waals surface area (Å²) < 4.78 is 38.8. The van der Waals surface area contributed by atoms with Crippen molar-refractivity contribution in [1.29, 1.82) is 0 Å². The van der Waals surface area contributed by atoms with Crippen LogP contribution in [0, 0.1) is 19.7 Å². The van der Waals surface area contributed by atoms with Gasteiger partial charge in [0.25, 0.3) is 5.91 Å². The lowest BCUT2D eigenvalue weighted by molar-refractivity contribution is 0.102. The average Bonchev–Trinajstić information content (AvgIpc) is 2.97. The van der Waals surface area contributed by atoms with E-state index in [0.29, 0.717) is 11.3 Å². The summed E-state index contributed by atoms with van der Waals surface area (Å²) in [6.45, 7) is 5.28. The zero-order valence-electron chi connectivity index (χ0n) is 15.9. The van der Waals surface area contributed by atoms with E-state index in [9.17, 15) is 17.6 Å². The third kappa shape index (κ3) is 3.84. The van der Waals surface area contributed by atoms with Gasteiger partial charge in [0.2, 0.25) is 0 Å². The van der Waals surface area contributed by atoms with Crippen LogP contribution < -0.4 is 5.32 Å². The molecule has 0 bridgehead atoms. The number of hydrogen-bond donors (Lipinski definition) is 1. The molecule has 1 aromatic heterocycles. The minimum atomic E-state index is -3.28. The minimum Gasteiger partial charge on any atom is -0.322 e. The number of amides is 1. The van der Waals surface area contributed by atoms with Crippen LogP contribution in [0.3, 0.4) is 0 Å². The highest BCUT2D eigenvalue weighted by Gasteiger charge is 2.17. The molecule has 0 atom stereocenters. The Morgan fingerprint density at radius 1 is 1.04 bits per heavy atom. The normalized spacial score (nSPS) is 11.4. The Kier molecular flexibility index (Phi) is 5.38. The van der Waals surface area contributed by atoms with Gasteiger partial charge in [0, 0.05) is 22.8 Å². The first-order valence-electron chi connectivity index (χ1n) is 8.82. The van der Waals surface area contributed by atoms with Crippen LogP contribution in [-0.2, 0) is 9.84 Å². The largest absolute Gasteiger partial charge is 0.322 e. The molecule has 3 rings (SSSR count). The number of sulfone groups is 1. The van der Waals surface area contributed by atoms with Gasteiger partial charge in [0.1, 0.15) is 5.82 Å². The monoisotopic (exact) mass is 400 g/mol. The molecule has 146 valence electrons. The fourth-order valence-electron chi connectivity index (χ4n) is 3.09. The third-order valence-electron chi connectivity index (χ3n) is 4.61. The van der Waals surface area contributed by atoms with Gasteiger partial charge in [0.15, 0.2) is 9.84 Å². The molecule has 0 spiro atoms. The molecule has 0 unspecified atom stereocenters. The Labute approximate surface area is 163 Å². The van der Waals surface area contributed by atoms with Gasteiger partial charge < -0.3 is 9.88 Å². The third-order valence-corrected chi connectivity index (χ3v) is 6.36. The summed E-state index contributed by atoms with van der Waals surface area (Å²) in [4.78, 5) is 12.9. The van der Waals surface area contributed by atoms with Gasteiger partial charge in [0.05, 0.1) is 16.2 Å². The highest BCUT2D eigenvalue weighted by atomic mass is 32.2. The molecule has 7 heteroatoms. The first-order valence-corrected chi connectivity index (χ1v) is 10.5. The smallest absolute Gasteiger partial charge is 0.257 e. The number of aryl methyl sites for hydroxylation is 1. The average molecular weight is 400 g/mol. The number of halogens is 1. The first-order chi connectivity index (χ1) is 13.2. The topological polar surface area (TPSA) is 68.2 Å². The molecule has 28 heavy (non-hydrogen) atoms. The zero-order valence-corrected chi connectivity index (χ0v) is 16.7. The van der Waals surface area contributed by atoms with E-state index >= 15 is 0 Å². The Morgan fingerprint density at radius 3 is 2.21 bits per heavy atom. The summed E-state index contributed by atoms with van der Waals surface area (Å²) in [5.74, 6) is -0.598. The number of hydrogen-bond acceptors (Lipinski definition) is 3. The maximum absolute atomic E-state index is 13.2. The van der Waals surface area contributed by atoms with E-state index in [0.717, 1.165) is 17.1 Å². The molecular weight excluding hydrogens is 379 g/mol. The van der Waals surface area contributed by atoms with Crippen LogP contribution in [0.5, 0.6) is 0 Å². The quantitative estimate of drug-likeness (QED) is 0.695.